The summed E-state index contributed by atoms with van der Waals surface area (Å²) in [5, 5.41) is 29.1. The predicted molar refractivity (Wildman–Crippen MR) is 140 cm³/mol. The van der Waals surface area contributed by atoms with Gasteiger partial charge in [0, 0.05) is 12.3 Å². The Morgan fingerprint density at radius 2 is 2.05 bits per heavy atom. The van der Waals surface area contributed by atoms with E-state index in [1.54, 1.807) is 35.1 Å². The standard InChI is InChI=1S/C27H28FN7O3/c1-4-7-38-20-9-18(13-30-14-20)34-22-10-23(24-6-5-19-8-17(11-29)12-33-35(19)24)31-15-21(22)26(36)32-16-25(28)27(2,3)37/h5-6,8-10,12-15,25,37H,4,7,16H2,1-3H3,(H,31,34)(H,32,36)/t25-/m1/s1. The summed E-state index contributed by atoms with van der Waals surface area (Å²) in [7, 11) is 0. The molecule has 4 aromatic heterocycles. The molecular weight excluding hydrogens is 489 g/mol. The van der Waals surface area contributed by atoms with Gasteiger partial charge in [0.1, 0.15) is 18.0 Å². The highest BCUT2D eigenvalue weighted by Gasteiger charge is 2.27. The molecular formula is C27H28FN7O3. The van der Waals surface area contributed by atoms with E-state index in [2.05, 4.69) is 31.8 Å². The first kappa shape index (κ1) is 26.5. The van der Waals surface area contributed by atoms with E-state index in [4.69, 9.17) is 10.00 Å². The minimum Gasteiger partial charge on any atom is -0.492 e. The summed E-state index contributed by atoms with van der Waals surface area (Å²) >= 11 is 0. The summed E-state index contributed by atoms with van der Waals surface area (Å²) < 4.78 is 21.6. The zero-order valence-corrected chi connectivity index (χ0v) is 21.3. The maximum Gasteiger partial charge on any atom is 0.255 e. The zero-order chi connectivity index (χ0) is 27.3. The number of hydrogen-bond donors (Lipinski definition) is 3. The lowest BCUT2D eigenvalue weighted by atomic mass is 10.0. The highest BCUT2D eigenvalue weighted by atomic mass is 19.1. The molecule has 0 aromatic carbocycles. The molecule has 0 saturated heterocycles. The third-order valence-electron chi connectivity index (χ3n) is 5.71. The van der Waals surface area contributed by atoms with Crippen molar-refractivity contribution >= 4 is 22.8 Å². The van der Waals surface area contributed by atoms with Crippen LogP contribution in [0.5, 0.6) is 5.75 Å². The van der Waals surface area contributed by atoms with E-state index in [0.717, 1.165) is 6.42 Å². The van der Waals surface area contributed by atoms with Gasteiger partial charge in [0.25, 0.3) is 5.91 Å². The number of alkyl halides is 1. The second-order valence-electron chi connectivity index (χ2n) is 9.24. The quantitative estimate of drug-likeness (QED) is 0.287. The fraction of sp³-hybridized carbons (Fsp3) is 0.296. The number of nitrogens with zero attached hydrogens (tertiary/aromatic N) is 5. The average Bonchev–Trinajstić information content (AvgIpc) is 3.33. The van der Waals surface area contributed by atoms with E-state index in [9.17, 15) is 14.3 Å². The molecule has 0 aliphatic carbocycles. The topological polar surface area (TPSA) is 137 Å². The van der Waals surface area contributed by atoms with Crippen molar-refractivity contribution in [3.63, 3.8) is 0 Å². The first-order valence-corrected chi connectivity index (χ1v) is 12.1. The van der Waals surface area contributed by atoms with Crippen LogP contribution in [-0.4, -0.2) is 55.5 Å². The Labute approximate surface area is 219 Å². The van der Waals surface area contributed by atoms with Gasteiger partial charge in [0.2, 0.25) is 0 Å². The van der Waals surface area contributed by atoms with E-state index < -0.39 is 17.7 Å². The number of halogens is 1. The number of nitrogens with one attached hydrogen (secondary N) is 2. The van der Waals surface area contributed by atoms with Crippen molar-refractivity contribution in [1.29, 1.82) is 5.26 Å². The Morgan fingerprint density at radius 1 is 1.24 bits per heavy atom. The van der Waals surface area contributed by atoms with Crippen LogP contribution >= 0.6 is 0 Å². The number of pyridine rings is 2. The molecule has 0 aliphatic rings. The molecule has 38 heavy (non-hydrogen) atoms. The van der Waals surface area contributed by atoms with Crippen molar-refractivity contribution < 1.29 is 19.0 Å². The van der Waals surface area contributed by atoms with Gasteiger partial charge < -0.3 is 20.5 Å². The van der Waals surface area contributed by atoms with Gasteiger partial charge in [-0.3, -0.25) is 14.8 Å². The fourth-order valence-electron chi connectivity index (χ4n) is 3.60. The maximum absolute atomic E-state index is 14.3. The first-order valence-electron chi connectivity index (χ1n) is 12.1. The molecule has 3 N–H and O–H groups in total. The number of rotatable bonds is 10. The largest absolute Gasteiger partial charge is 0.492 e. The third-order valence-corrected chi connectivity index (χ3v) is 5.71. The van der Waals surface area contributed by atoms with Crippen LogP contribution in [0.2, 0.25) is 0 Å². The number of nitriles is 1. The SMILES string of the molecule is CCCOc1cncc(Nc2cc(-c3ccc4cc(C#N)cnn34)ncc2C(=O)NC[C@@H](F)C(C)(C)O)c1. The monoisotopic (exact) mass is 517 g/mol. The van der Waals surface area contributed by atoms with Crippen LogP contribution < -0.4 is 15.4 Å². The third kappa shape index (κ3) is 6.04. The van der Waals surface area contributed by atoms with Crippen molar-refractivity contribution in [2.45, 2.75) is 39.0 Å². The molecule has 0 spiro atoms. The number of amides is 1. The Hall–Kier alpha value is -4.56. The Balaban J connectivity index is 1.70. The van der Waals surface area contributed by atoms with E-state index in [-0.39, 0.29) is 12.1 Å². The minimum absolute atomic E-state index is 0.164. The fourth-order valence-corrected chi connectivity index (χ4v) is 3.60. The summed E-state index contributed by atoms with van der Waals surface area (Å²) in [5.41, 5.74) is 1.82. The van der Waals surface area contributed by atoms with Crippen LogP contribution in [0.1, 0.15) is 43.1 Å². The summed E-state index contributed by atoms with van der Waals surface area (Å²) in [6, 6.07) is 10.8. The van der Waals surface area contributed by atoms with Crippen molar-refractivity contribution in [3.05, 3.63) is 66.2 Å². The normalized spacial score (nSPS) is 12.1. The van der Waals surface area contributed by atoms with Gasteiger partial charge in [-0.1, -0.05) is 6.92 Å². The van der Waals surface area contributed by atoms with Crippen LogP contribution in [0.15, 0.2) is 55.1 Å². The summed E-state index contributed by atoms with van der Waals surface area (Å²) in [4.78, 5) is 21.7. The first-order chi connectivity index (χ1) is 18.2. The van der Waals surface area contributed by atoms with E-state index >= 15 is 0 Å². The van der Waals surface area contributed by atoms with Gasteiger partial charge >= 0.3 is 0 Å². The zero-order valence-electron chi connectivity index (χ0n) is 21.3. The molecule has 11 heteroatoms. The Kier molecular flexibility index (Phi) is 7.83. The average molecular weight is 518 g/mol. The number of hydrogen-bond acceptors (Lipinski definition) is 8. The van der Waals surface area contributed by atoms with E-state index in [0.29, 0.717) is 46.2 Å². The molecule has 1 amide bonds. The summed E-state index contributed by atoms with van der Waals surface area (Å²) in [5.74, 6) is -0.000684. The molecule has 1 atom stereocenters. The van der Waals surface area contributed by atoms with Gasteiger partial charge in [-0.25, -0.2) is 8.91 Å². The van der Waals surface area contributed by atoms with Crippen molar-refractivity contribution in [2.24, 2.45) is 0 Å². The number of anilines is 2. The molecule has 0 aliphatic heterocycles. The van der Waals surface area contributed by atoms with Crippen molar-refractivity contribution in [1.82, 2.24) is 24.9 Å². The van der Waals surface area contributed by atoms with E-state index in [1.807, 2.05) is 19.1 Å². The Morgan fingerprint density at radius 3 is 2.79 bits per heavy atom. The van der Waals surface area contributed by atoms with Crippen molar-refractivity contribution in [3.8, 4) is 23.2 Å². The van der Waals surface area contributed by atoms with Crippen LogP contribution in [0.25, 0.3) is 16.9 Å². The smallest absolute Gasteiger partial charge is 0.255 e. The van der Waals surface area contributed by atoms with Crippen LogP contribution in [-0.2, 0) is 0 Å². The van der Waals surface area contributed by atoms with E-state index in [1.165, 1.54) is 26.2 Å². The molecule has 4 aromatic rings. The highest BCUT2D eigenvalue weighted by molar-refractivity contribution is 6.00. The molecule has 4 rings (SSSR count). The molecule has 196 valence electrons. The van der Waals surface area contributed by atoms with Gasteiger partial charge in [-0.2, -0.15) is 10.4 Å². The predicted octanol–water partition coefficient (Wildman–Crippen LogP) is 4.03. The van der Waals surface area contributed by atoms with Crippen molar-refractivity contribution in [2.75, 3.05) is 18.5 Å². The molecule has 0 unspecified atom stereocenters. The summed E-state index contributed by atoms with van der Waals surface area (Å²) in [6.07, 6.45) is 5.20. The lowest BCUT2D eigenvalue weighted by Gasteiger charge is -2.22. The second kappa shape index (κ2) is 11.2. The summed E-state index contributed by atoms with van der Waals surface area (Å²) in [6.45, 7) is 4.83. The number of aliphatic hydroxyl groups is 1. The number of ether oxygens (including phenoxy) is 1. The molecule has 10 nitrogen and oxygen atoms in total. The van der Waals surface area contributed by atoms with Gasteiger partial charge in [0.15, 0.2) is 0 Å². The molecule has 0 bridgehead atoms. The number of carbonyl (C=O) groups is 1. The van der Waals surface area contributed by atoms with Crippen LogP contribution in [0, 0.1) is 11.3 Å². The minimum atomic E-state index is -1.66. The molecule has 0 radical (unpaired) electrons. The Bertz CT molecular complexity index is 1490. The highest BCUT2D eigenvalue weighted by Crippen LogP contribution is 2.28. The molecule has 0 fully saturated rings. The lowest BCUT2D eigenvalue weighted by molar-refractivity contribution is -0.00177. The van der Waals surface area contributed by atoms with Gasteiger partial charge in [-0.15, -0.1) is 0 Å². The number of carbonyl (C=O) groups excluding carboxylic acids is 1. The lowest BCUT2D eigenvalue weighted by Crippen LogP contribution is -2.42. The van der Waals surface area contributed by atoms with Gasteiger partial charge in [-0.05, 0) is 44.5 Å². The van der Waals surface area contributed by atoms with Crippen LogP contribution in [0.4, 0.5) is 15.8 Å². The number of aromatic nitrogens is 4. The number of fused-ring (bicyclic) bond motifs is 1. The van der Waals surface area contributed by atoms with Gasteiger partial charge in [0.05, 0.1) is 76.7 Å². The maximum atomic E-state index is 14.3. The second-order valence-corrected chi connectivity index (χ2v) is 9.24. The molecule has 0 saturated carbocycles. The molecule has 4 heterocycles. The van der Waals surface area contributed by atoms with Crippen LogP contribution in [0.3, 0.4) is 0 Å².